The van der Waals surface area contributed by atoms with E-state index in [9.17, 15) is 18.0 Å². The largest absolute Gasteiger partial charge is 0.381 e. The number of carbonyl (C=O) groups is 2. The van der Waals surface area contributed by atoms with Crippen LogP contribution in [0.2, 0.25) is 0 Å². The lowest BCUT2D eigenvalue weighted by molar-refractivity contribution is 0.0358. The molecule has 41 heavy (non-hydrogen) atoms. The lowest BCUT2D eigenvalue weighted by atomic mass is 10.0. The minimum atomic E-state index is -3.67. The van der Waals surface area contributed by atoms with E-state index in [1.807, 2.05) is 26.1 Å². The van der Waals surface area contributed by atoms with Crippen LogP contribution in [0, 0.1) is 12.8 Å². The number of benzene rings is 1. The normalized spacial score (nSPS) is 18.4. The van der Waals surface area contributed by atoms with Crippen molar-refractivity contribution in [1.82, 2.24) is 24.8 Å². The van der Waals surface area contributed by atoms with E-state index in [4.69, 9.17) is 4.74 Å². The first kappa shape index (κ1) is 27.6. The number of hydrogen-bond acceptors (Lipinski definition) is 7. The number of aromatic amines is 1. The van der Waals surface area contributed by atoms with E-state index in [1.165, 1.54) is 0 Å². The number of aryl methyl sites for hydroxylation is 1. The summed E-state index contributed by atoms with van der Waals surface area (Å²) in [6, 6.07) is 7.31. The van der Waals surface area contributed by atoms with Gasteiger partial charge in [0, 0.05) is 51.3 Å². The average molecular weight is 578 g/mol. The summed E-state index contributed by atoms with van der Waals surface area (Å²) in [5, 5.41) is 0. The van der Waals surface area contributed by atoms with Crippen molar-refractivity contribution in [3.63, 3.8) is 0 Å². The molecule has 1 aromatic carbocycles. The van der Waals surface area contributed by atoms with Crippen LogP contribution in [0.5, 0.6) is 0 Å². The summed E-state index contributed by atoms with van der Waals surface area (Å²) in [5.74, 6) is 0.588. The quantitative estimate of drug-likeness (QED) is 0.452. The molecule has 2 fully saturated rings. The molecular formula is C30H35N5O5S. The number of H-pyrrole nitrogens is 1. The summed E-state index contributed by atoms with van der Waals surface area (Å²) in [5.41, 5.74) is 3.95. The number of fused-ring (bicyclic) bond motifs is 1. The Morgan fingerprint density at radius 2 is 1.88 bits per heavy atom. The van der Waals surface area contributed by atoms with Gasteiger partial charge in [-0.05, 0) is 86.4 Å². The molecule has 4 heterocycles. The second-order valence-corrected chi connectivity index (χ2v) is 13.5. The highest BCUT2D eigenvalue weighted by Gasteiger charge is 2.41. The molecule has 0 unspecified atom stereocenters. The summed E-state index contributed by atoms with van der Waals surface area (Å²) in [7, 11) is -1.86. The van der Waals surface area contributed by atoms with Crippen LogP contribution in [0.15, 0.2) is 35.4 Å². The van der Waals surface area contributed by atoms with Gasteiger partial charge in [-0.3, -0.25) is 14.6 Å². The van der Waals surface area contributed by atoms with Crippen molar-refractivity contribution in [2.75, 3.05) is 26.5 Å². The Hall–Kier alpha value is -3.57. The van der Waals surface area contributed by atoms with Gasteiger partial charge in [0.1, 0.15) is 11.4 Å². The second-order valence-electron chi connectivity index (χ2n) is 11.5. The Morgan fingerprint density at radius 1 is 1.15 bits per heavy atom. The Bertz CT molecular complexity index is 1640. The van der Waals surface area contributed by atoms with Crippen LogP contribution in [0.4, 0.5) is 0 Å². The van der Waals surface area contributed by atoms with Crippen molar-refractivity contribution in [2.45, 2.75) is 63.1 Å². The Morgan fingerprint density at radius 3 is 2.56 bits per heavy atom. The third-order valence-electron chi connectivity index (χ3n) is 8.69. The monoisotopic (exact) mass is 577 g/mol. The zero-order chi connectivity index (χ0) is 29.1. The first-order chi connectivity index (χ1) is 19.5. The molecule has 1 N–H and O–H groups in total. The summed E-state index contributed by atoms with van der Waals surface area (Å²) < 4.78 is 31.2. The molecule has 216 valence electrons. The van der Waals surface area contributed by atoms with E-state index < -0.39 is 9.84 Å². The number of pyridine rings is 1. The number of rotatable bonds is 7. The summed E-state index contributed by atoms with van der Waals surface area (Å²) in [6.45, 7) is 5.51. The maximum absolute atomic E-state index is 13.4. The molecule has 3 aliphatic rings. The van der Waals surface area contributed by atoms with E-state index >= 15 is 0 Å². The number of imidazole rings is 1. The summed E-state index contributed by atoms with van der Waals surface area (Å²) >= 11 is 0. The topological polar surface area (TPSA) is 126 Å². The van der Waals surface area contributed by atoms with E-state index in [0.717, 1.165) is 43.1 Å². The highest BCUT2D eigenvalue weighted by atomic mass is 32.2. The molecule has 1 atom stereocenters. The molecule has 1 saturated heterocycles. The number of hydrogen-bond donors (Lipinski definition) is 1. The molecular weight excluding hydrogens is 542 g/mol. The van der Waals surface area contributed by atoms with E-state index in [1.54, 1.807) is 35.1 Å². The Labute approximate surface area is 240 Å². The molecule has 1 aliphatic carbocycles. The van der Waals surface area contributed by atoms with Gasteiger partial charge in [0.25, 0.3) is 11.8 Å². The van der Waals surface area contributed by atoms with Gasteiger partial charge in [-0.15, -0.1) is 0 Å². The minimum absolute atomic E-state index is 0.0525. The predicted molar refractivity (Wildman–Crippen MR) is 153 cm³/mol. The number of ether oxygens (including phenoxy) is 1. The van der Waals surface area contributed by atoms with Crippen LogP contribution >= 0.6 is 0 Å². The number of aromatic nitrogens is 3. The first-order valence-corrected chi connectivity index (χ1v) is 16.0. The van der Waals surface area contributed by atoms with Crippen LogP contribution in [0.25, 0.3) is 22.6 Å². The van der Waals surface area contributed by atoms with Gasteiger partial charge in [0.15, 0.2) is 15.7 Å². The van der Waals surface area contributed by atoms with Crippen molar-refractivity contribution >= 4 is 21.7 Å². The summed E-state index contributed by atoms with van der Waals surface area (Å²) in [4.78, 5) is 42.5. The third-order valence-corrected chi connectivity index (χ3v) is 9.81. The molecule has 10 nitrogen and oxygen atoms in total. The Kier molecular flexibility index (Phi) is 6.97. The lowest BCUT2D eigenvalue weighted by Crippen LogP contribution is -2.41. The molecule has 0 spiro atoms. The van der Waals surface area contributed by atoms with E-state index in [2.05, 4.69) is 15.0 Å². The van der Waals surface area contributed by atoms with Gasteiger partial charge in [0.05, 0.1) is 16.2 Å². The van der Waals surface area contributed by atoms with Gasteiger partial charge in [0.2, 0.25) is 0 Å². The van der Waals surface area contributed by atoms with Gasteiger partial charge >= 0.3 is 0 Å². The van der Waals surface area contributed by atoms with Crippen molar-refractivity contribution in [2.24, 2.45) is 5.92 Å². The van der Waals surface area contributed by atoms with Gasteiger partial charge in [-0.1, -0.05) is 0 Å². The number of nitrogens with one attached hydrogen (secondary N) is 1. The SMILES string of the molecule is Cc1nc(-c2cc(-c3cc4c(c(S(C)(=O)=O)c3)C(=O)N([C@@H](C)C3CC3)C4)ccn2)[nH]c1C(=O)N(C)C1CCOCC1. The fourth-order valence-corrected chi connectivity index (χ4v) is 6.94. The number of carbonyl (C=O) groups excluding carboxylic acids is 2. The minimum Gasteiger partial charge on any atom is -0.381 e. The lowest BCUT2D eigenvalue weighted by Gasteiger charge is -2.31. The first-order valence-electron chi connectivity index (χ1n) is 14.1. The average Bonchev–Trinajstić information content (AvgIpc) is 3.67. The molecule has 11 heteroatoms. The molecule has 2 aliphatic heterocycles. The van der Waals surface area contributed by atoms with Crippen LogP contribution in [0.1, 0.15) is 64.7 Å². The molecule has 1 saturated carbocycles. The molecule has 2 aromatic heterocycles. The van der Waals surface area contributed by atoms with Crippen LogP contribution in [-0.2, 0) is 21.1 Å². The van der Waals surface area contributed by atoms with Crippen molar-refractivity contribution < 1.29 is 22.7 Å². The van der Waals surface area contributed by atoms with Gasteiger partial charge in [-0.25, -0.2) is 13.4 Å². The van der Waals surface area contributed by atoms with Gasteiger partial charge in [-0.2, -0.15) is 0 Å². The zero-order valence-electron chi connectivity index (χ0n) is 23.8. The van der Waals surface area contributed by atoms with Crippen molar-refractivity contribution in [1.29, 1.82) is 0 Å². The third kappa shape index (κ3) is 5.17. The highest BCUT2D eigenvalue weighted by molar-refractivity contribution is 7.90. The predicted octanol–water partition coefficient (Wildman–Crippen LogP) is 3.86. The molecule has 0 bridgehead atoms. The number of sulfone groups is 1. The fourth-order valence-electron chi connectivity index (χ4n) is 6.00. The van der Waals surface area contributed by atoms with Crippen molar-refractivity contribution in [3.8, 4) is 22.6 Å². The van der Waals surface area contributed by atoms with Crippen LogP contribution in [-0.4, -0.2) is 83.6 Å². The molecule has 6 rings (SSSR count). The van der Waals surface area contributed by atoms with Gasteiger partial charge < -0.3 is 19.5 Å². The molecule has 2 amide bonds. The molecule has 0 radical (unpaired) electrons. The fraction of sp³-hybridized carbons (Fsp3) is 0.467. The second kappa shape index (κ2) is 10.4. The van der Waals surface area contributed by atoms with Crippen LogP contribution < -0.4 is 0 Å². The summed E-state index contributed by atoms with van der Waals surface area (Å²) in [6.07, 6.45) is 6.56. The number of amides is 2. The standard InChI is InChI=1S/C30H35N5O5S/c1-17-27(30(37)34(3)23-8-11-40-12-9-23)33-28(32-17)24-14-20(7-10-31-24)21-13-22-16-35(18(2)19-5-6-19)29(36)26(22)25(15-21)41(4,38)39/h7,10,13-15,18-19,23H,5-6,8-9,11-12,16H2,1-4H3,(H,32,33)/t18-/m0/s1. The highest BCUT2D eigenvalue weighted by Crippen LogP contribution is 2.41. The van der Waals surface area contributed by atoms with E-state index in [0.29, 0.717) is 54.1 Å². The smallest absolute Gasteiger partial charge is 0.272 e. The maximum atomic E-state index is 13.4. The van der Waals surface area contributed by atoms with Crippen LogP contribution in [0.3, 0.4) is 0 Å². The zero-order valence-corrected chi connectivity index (χ0v) is 24.6. The molecule has 3 aromatic rings. The van der Waals surface area contributed by atoms with E-state index in [-0.39, 0.29) is 34.4 Å². The van der Waals surface area contributed by atoms with Crippen molar-refractivity contribution in [3.05, 3.63) is 53.0 Å². The number of nitrogens with zero attached hydrogens (tertiary/aromatic N) is 4. The maximum Gasteiger partial charge on any atom is 0.272 e. The Balaban J connectivity index is 1.33.